The largest absolute Gasteiger partial charge is 0 e. The van der Waals surface area contributed by atoms with Crippen LogP contribution in [0.2, 0.25) is 0 Å². The SMILES string of the molecule is [Cu].[Cu].[Cu].[Pt].[Pt].[Pt].[Pt].[Pt]. The van der Waals surface area contributed by atoms with E-state index in [9.17, 15) is 0 Å². The Labute approximate surface area is 153 Å². The molecule has 3 radical (unpaired) electrons. The van der Waals surface area contributed by atoms with E-state index in [2.05, 4.69) is 0 Å². The van der Waals surface area contributed by atoms with Gasteiger partial charge in [0.05, 0.1) is 0 Å². The smallest absolute Gasteiger partial charge is 0 e. The number of rotatable bonds is 0. The first-order valence-electron chi connectivity index (χ1n) is 0. The van der Waals surface area contributed by atoms with Crippen molar-refractivity contribution in [2.24, 2.45) is 0 Å². The van der Waals surface area contributed by atoms with Crippen molar-refractivity contribution >= 4 is 0 Å². The van der Waals surface area contributed by atoms with E-state index in [-0.39, 0.29) is 157 Å². The summed E-state index contributed by atoms with van der Waals surface area (Å²) in [6, 6.07) is 0. The second-order valence-corrected chi connectivity index (χ2v) is 0. The Hall–Kier alpha value is 5.00. The quantitative estimate of drug-likeness (QED) is 0.300. The summed E-state index contributed by atoms with van der Waals surface area (Å²) in [6.07, 6.45) is 0. The second-order valence-electron chi connectivity index (χ2n) is 0. The van der Waals surface area contributed by atoms with Gasteiger partial charge in [0.15, 0.2) is 0 Å². The molecule has 0 aromatic heterocycles. The molecule has 0 heterocycles. The molecule has 8 heteroatoms. The minimum absolute atomic E-state index is 0. The molecule has 0 amide bonds. The van der Waals surface area contributed by atoms with Gasteiger partial charge in [-0.25, -0.2) is 0 Å². The molecule has 0 aliphatic rings. The molecule has 83 valence electrons. The van der Waals surface area contributed by atoms with Crippen LogP contribution in [0.3, 0.4) is 0 Å². The zero-order valence-corrected chi connectivity index (χ0v) is 16.7. The van der Waals surface area contributed by atoms with Crippen LogP contribution < -0.4 is 0 Å². The zero-order valence-electron chi connectivity index (χ0n) is 2.49. The summed E-state index contributed by atoms with van der Waals surface area (Å²) >= 11 is 0. The molecule has 0 N–H and O–H groups in total. The standard InChI is InChI=1S/3Cu.5Pt. The van der Waals surface area contributed by atoms with E-state index >= 15 is 0 Å². The normalized spacial score (nSPS) is 0. The molecule has 0 atom stereocenters. The predicted molar refractivity (Wildman–Crippen MR) is 0 cm³/mol. The Morgan fingerprint density at radius 3 is 0.250 bits per heavy atom. The van der Waals surface area contributed by atoms with E-state index in [4.69, 9.17) is 0 Å². The fraction of sp³-hybridized carbons (Fsp3) is 0. The van der Waals surface area contributed by atoms with Gasteiger partial charge in [-0.15, -0.1) is 0 Å². The van der Waals surface area contributed by atoms with Crippen molar-refractivity contribution in [3.05, 3.63) is 0 Å². The maximum atomic E-state index is 0. The average molecular weight is 1170 g/mol. The Kier molecular flexibility index (Phi) is 544. The van der Waals surface area contributed by atoms with Crippen LogP contribution >= 0.6 is 0 Å². The van der Waals surface area contributed by atoms with Gasteiger partial charge in [0.25, 0.3) is 0 Å². The molecule has 0 aromatic carbocycles. The number of hydrogen-bond donors (Lipinski definition) is 0. The molecule has 0 saturated carbocycles. The maximum absolute atomic E-state index is 0. The molecule has 0 unspecified atom stereocenters. The van der Waals surface area contributed by atoms with Gasteiger partial charge in [-0.2, -0.15) is 0 Å². The van der Waals surface area contributed by atoms with Crippen molar-refractivity contribution in [1.82, 2.24) is 0 Å². The first kappa shape index (κ1) is 74.9. The van der Waals surface area contributed by atoms with Crippen LogP contribution in [-0.4, -0.2) is 0 Å². The first-order chi connectivity index (χ1) is 0. The van der Waals surface area contributed by atoms with Gasteiger partial charge in [-0.1, -0.05) is 0 Å². The fourth-order valence-electron chi connectivity index (χ4n) is 0. The summed E-state index contributed by atoms with van der Waals surface area (Å²) in [6.45, 7) is 0. The Balaban J connectivity index is 0. The molecule has 0 aliphatic heterocycles. The van der Waals surface area contributed by atoms with E-state index in [1.54, 1.807) is 0 Å². The second kappa shape index (κ2) is 58.1. The van der Waals surface area contributed by atoms with Crippen molar-refractivity contribution in [2.45, 2.75) is 0 Å². The maximum Gasteiger partial charge on any atom is 0 e. The van der Waals surface area contributed by atoms with Crippen LogP contribution in [0.15, 0.2) is 0 Å². The Morgan fingerprint density at radius 1 is 0.250 bits per heavy atom. The van der Waals surface area contributed by atoms with Gasteiger partial charge >= 0.3 is 0 Å². The van der Waals surface area contributed by atoms with Crippen molar-refractivity contribution < 1.29 is 157 Å². The summed E-state index contributed by atoms with van der Waals surface area (Å²) in [5.74, 6) is 0. The van der Waals surface area contributed by atoms with Crippen molar-refractivity contribution in [3.8, 4) is 0 Å². The van der Waals surface area contributed by atoms with Crippen molar-refractivity contribution in [1.29, 1.82) is 0 Å². The van der Waals surface area contributed by atoms with E-state index in [0.29, 0.717) is 0 Å². The Morgan fingerprint density at radius 2 is 0.250 bits per heavy atom. The van der Waals surface area contributed by atoms with E-state index < -0.39 is 0 Å². The molecular formula is Cu3Pt5. The molecule has 0 aliphatic carbocycles. The molecule has 8 heavy (non-hydrogen) atoms. The van der Waals surface area contributed by atoms with Crippen molar-refractivity contribution in [3.63, 3.8) is 0 Å². The van der Waals surface area contributed by atoms with Gasteiger partial charge in [-0.05, 0) is 0 Å². The minimum Gasteiger partial charge on any atom is 0 e. The molecule has 0 rings (SSSR count). The molecule has 0 spiro atoms. The average Bonchev–Trinajstić information content (AvgIpc) is 0. The van der Waals surface area contributed by atoms with Crippen LogP contribution in [0.1, 0.15) is 0 Å². The first-order valence-corrected chi connectivity index (χ1v) is 0. The minimum atomic E-state index is 0. The monoisotopic (exact) mass is 1160 g/mol. The summed E-state index contributed by atoms with van der Waals surface area (Å²) in [5, 5.41) is 0. The topological polar surface area (TPSA) is 0 Å². The third-order valence-electron chi connectivity index (χ3n) is 0. The van der Waals surface area contributed by atoms with Gasteiger partial charge in [-0.3, -0.25) is 0 Å². The van der Waals surface area contributed by atoms with Gasteiger partial charge in [0, 0.05) is 157 Å². The van der Waals surface area contributed by atoms with Crippen LogP contribution in [0, 0.1) is 0 Å². The molecule has 0 aromatic rings. The van der Waals surface area contributed by atoms with Crippen LogP contribution in [-0.2, 0) is 157 Å². The molecular weight excluding hydrogens is 1170 g/mol. The number of hydrogen-bond acceptors (Lipinski definition) is 0. The van der Waals surface area contributed by atoms with Crippen LogP contribution in [0.4, 0.5) is 0 Å². The fourth-order valence-corrected chi connectivity index (χ4v) is 0. The molecule has 0 saturated heterocycles. The third kappa shape index (κ3) is 44.0. The summed E-state index contributed by atoms with van der Waals surface area (Å²) < 4.78 is 0. The predicted octanol–water partition coefficient (Wildman–Crippen LogP) is -0.0200. The van der Waals surface area contributed by atoms with Crippen LogP contribution in [0.25, 0.3) is 0 Å². The molecule has 0 fully saturated rings. The summed E-state index contributed by atoms with van der Waals surface area (Å²) in [7, 11) is 0. The zero-order chi connectivity index (χ0) is 0. The van der Waals surface area contributed by atoms with E-state index in [1.807, 2.05) is 0 Å². The van der Waals surface area contributed by atoms with Gasteiger partial charge in [0.2, 0.25) is 0 Å². The van der Waals surface area contributed by atoms with Crippen LogP contribution in [0.5, 0.6) is 0 Å². The van der Waals surface area contributed by atoms with E-state index in [1.165, 1.54) is 0 Å². The van der Waals surface area contributed by atoms with Gasteiger partial charge < -0.3 is 0 Å². The summed E-state index contributed by atoms with van der Waals surface area (Å²) in [5.41, 5.74) is 0. The molecule has 0 bridgehead atoms. The summed E-state index contributed by atoms with van der Waals surface area (Å²) in [4.78, 5) is 0. The van der Waals surface area contributed by atoms with Crippen molar-refractivity contribution in [2.75, 3.05) is 0 Å². The van der Waals surface area contributed by atoms with E-state index in [0.717, 1.165) is 0 Å². The third-order valence-corrected chi connectivity index (χ3v) is 0. The Bertz CT molecular complexity index is 7.64. The molecule has 0 nitrogen and oxygen atoms in total. The van der Waals surface area contributed by atoms with Gasteiger partial charge in [0.1, 0.15) is 0 Å².